The molecule has 1 saturated carbocycles. The number of rotatable bonds is 5. The standard InChI is InChI=1S/C13H24O/c1-3-5-7-12-10-11(6-4-2)8-9-13(12)14/h11-12H,3-10H2,1-2H3. The molecule has 1 fully saturated rings. The Balaban J connectivity index is 2.34. The van der Waals surface area contributed by atoms with Gasteiger partial charge < -0.3 is 0 Å². The molecule has 1 nitrogen and oxygen atoms in total. The second-order valence-corrected chi connectivity index (χ2v) is 4.73. The SMILES string of the molecule is CCCCC1CC(CCC)CCC1=O. The lowest BCUT2D eigenvalue weighted by Crippen LogP contribution is -2.24. The van der Waals surface area contributed by atoms with Crippen molar-refractivity contribution in [3.63, 3.8) is 0 Å². The van der Waals surface area contributed by atoms with Crippen LogP contribution >= 0.6 is 0 Å². The normalized spacial score (nSPS) is 28.0. The molecule has 1 heteroatoms. The van der Waals surface area contributed by atoms with Gasteiger partial charge in [-0.15, -0.1) is 0 Å². The minimum absolute atomic E-state index is 0.417. The van der Waals surface area contributed by atoms with E-state index in [1.165, 1.54) is 32.1 Å². The minimum atomic E-state index is 0.417. The number of unbranched alkanes of at least 4 members (excludes halogenated alkanes) is 1. The third kappa shape index (κ3) is 3.43. The second kappa shape index (κ2) is 6.21. The van der Waals surface area contributed by atoms with Crippen LogP contribution in [0.4, 0.5) is 0 Å². The van der Waals surface area contributed by atoms with Crippen LogP contribution in [0.25, 0.3) is 0 Å². The van der Waals surface area contributed by atoms with Gasteiger partial charge >= 0.3 is 0 Å². The lowest BCUT2D eigenvalue weighted by molar-refractivity contribution is -0.125. The Hall–Kier alpha value is -0.330. The first kappa shape index (κ1) is 11.7. The van der Waals surface area contributed by atoms with Crippen LogP contribution in [0.15, 0.2) is 0 Å². The monoisotopic (exact) mass is 196 g/mol. The molecule has 14 heavy (non-hydrogen) atoms. The van der Waals surface area contributed by atoms with Crippen molar-refractivity contribution in [2.75, 3.05) is 0 Å². The Morgan fingerprint density at radius 3 is 2.64 bits per heavy atom. The number of carbonyl (C=O) groups is 1. The van der Waals surface area contributed by atoms with Crippen molar-refractivity contribution in [2.45, 2.75) is 65.2 Å². The van der Waals surface area contributed by atoms with E-state index in [0.717, 1.165) is 25.2 Å². The zero-order valence-corrected chi connectivity index (χ0v) is 9.72. The summed E-state index contributed by atoms with van der Waals surface area (Å²) in [6.45, 7) is 4.45. The van der Waals surface area contributed by atoms with Gasteiger partial charge in [-0.1, -0.05) is 39.5 Å². The molecule has 0 radical (unpaired) electrons. The highest BCUT2D eigenvalue weighted by molar-refractivity contribution is 5.81. The van der Waals surface area contributed by atoms with Crippen LogP contribution < -0.4 is 0 Å². The number of hydrogen-bond acceptors (Lipinski definition) is 1. The maximum atomic E-state index is 11.6. The molecule has 2 unspecified atom stereocenters. The fraction of sp³-hybridized carbons (Fsp3) is 0.923. The van der Waals surface area contributed by atoms with Gasteiger partial charge in [0.2, 0.25) is 0 Å². The van der Waals surface area contributed by atoms with Crippen molar-refractivity contribution in [2.24, 2.45) is 11.8 Å². The van der Waals surface area contributed by atoms with E-state index >= 15 is 0 Å². The Kier molecular flexibility index (Phi) is 5.21. The molecule has 0 aromatic heterocycles. The lowest BCUT2D eigenvalue weighted by Gasteiger charge is -2.27. The lowest BCUT2D eigenvalue weighted by atomic mass is 9.77. The molecule has 0 N–H and O–H groups in total. The van der Waals surface area contributed by atoms with Crippen LogP contribution in [0.5, 0.6) is 0 Å². The molecule has 0 saturated heterocycles. The van der Waals surface area contributed by atoms with Gasteiger partial charge in [-0.2, -0.15) is 0 Å². The van der Waals surface area contributed by atoms with E-state index in [2.05, 4.69) is 13.8 Å². The third-order valence-electron chi connectivity index (χ3n) is 3.48. The maximum Gasteiger partial charge on any atom is 0.135 e. The molecule has 0 aromatic rings. The largest absolute Gasteiger partial charge is 0.299 e. The first-order valence-corrected chi connectivity index (χ1v) is 6.30. The summed E-state index contributed by atoms with van der Waals surface area (Å²) in [4.78, 5) is 11.6. The van der Waals surface area contributed by atoms with Crippen molar-refractivity contribution in [3.05, 3.63) is 0 Å². The number of hydrogen-bond donors (Lipinski definition) is 0. The molecular formula is C13H24O. The van der Waals surface area contributed by atoms with Gasteiger partial charge in [-0.3, -0.25) is 4.79 Å². The Labute approximate surface area is 88.3 Å². The van der Waals surface area contributed by atoms with Gasteiger partial charge in [0.15, 0.2) is 0 Å². The van der Waals surface area contributed by atoms with Crippen LogP contribution in [0.1, 0.15) is 65.2 Å². The van der Waals surface area contributed by atoms with Gasteiger partial charge in [0.05, 0.1) is 0 Å². The molecule has 0 bridgehead atoms. The fourth-order valence-corrected chi connectivity index (χ4v) is 2.60. The maximum absolute atomic E-state index is 11.6. The number of carbonyl (C=O) groups excluding carboxylic acids is 1. The van der Waals surface area contributed by atoms with Crippen molar-refractivity contribution < 1.29 is 4.79 Å². The summed E-state index contributed by atoms with van der Waals surface area (Å²) < 4.78 is 0. The first-order valence-electron chi connectivity index (χ1n) is 6.30. The van der Waals surface area contributed by atoms with Gasteiger partial charge in [0.1, 0.15) is 5.78 Å². The fourth-order valence-electron chi connectivity index (χ4n) is 2.60. The van der Waals surface area contributed by atoms with E-state index in [4.69, 9.17) is 0 Å². The Bertz CT molecular complexity index is 174. The summed E-state index contributed by atoms with van der Waals surface area (Å²) in [6.07, 6.45) is 9.42. The quantitative estimate of drug-likeness (QED) is 0.650. The highest BCUT2D eigenvalue weighted by Crippen LogP contribution is 2.32. The van der Waals surface area contributed by atoms with Crippen molar-refractivity contribution >= 4 is 5.78 Å². The van der Waals surface area contributed by atoms with Crippen LogP contribution in [0.2, 0.25) is 0 Å². The average Bonchev–Trinajstić information content (AvgIpc) is 2.19. The third-order valence-corrected chi connectivity index (χ3v) is 3.48. The van der Waals surface area contributed by atoms with E-state index in [0.29, 0.717) is 11.7 Å². The summed E-state index contributed by atoms with van der Waals surface area (Å²) in [7, 11) is 0. The number of Topliss-reactive ketones (excluding diaryl/α,β-unsaturated/α-hetero) is 1. The Morgan fingerprint density at radius 2 is 2.00 bits per heavy atom. The zero-order valence-electron chi connectivity index (χ0n) is 9.72. The van der Waals surface area contributed by atoms with Gasteiger partial charge in [0.25, 0.3) is 0 Å². The molecule has 1 aliphatic rings. The molecule has 0 spiro atoms. The Morgan fingerprint density at radius 1 is 1.21 bits per heavy atom. The van der Waals surface area contributed by atoms with Gasteiger partial charge in [-0.05, 0) is 25.2 Å². The highest BCUT2D eigenvalue weighted by atomic mass is 16.1. The number of ketones is 1. The molecular weight excluding hydrogens is 172 g/mol. The van der Waals surface area contributed by atoms with Gasteiger partial charge in [-0.25, -0.2) is 0 Å². The summed E-state index contributed by atoms with van der Waals surface area (Å²) in [5.74, 6) is 1.81. The molecule has 1 rings (SSSR count). The molecule has 0 aliphatic heterocycles. The van der Waals surface area contributed by atoms with E-state index in [1.807, 2.05) is 0 Å². The predicted octanol–water partition coefficient (Wildman–Crippen LogP) is 3.96. The predicted molar refractivity (Wildman–Crippen MR) is 60.3 cm³/mol. The highest BCUT2D eigenvalue weighted by Gasteiger charge is 2.27. The van der Waals surface area contributed by atoms with Crippen LogP contribution in [-0.4, -0.2) is 5.78 Å². The molecule has 0 aromatic carbocycles. The molecule has 1 aliphatic carbocycles. The van der Waals surface area contributed by atoms with E-state index in [1.54, 1.807) is 0 Å². The van der Waals surface area contributed by atoms with Crippen LogP contribution in [-0.2, 0) is 4.79 Å². The topological polar surface area (TPSA) is 17.1 Å². The summed E-state index contributed by atoms with van der Waals surface area (Å²) in [6, 6.07) is 0. The van der Waals surface area contributed by atoms with E-state index in [9.17, 15) is 4.79 Å². The smallest absolute Gasteiger partial charge is 0.135 e. The van der Waals surface area contributed by atoms with Crippen molar-refractivity contribution in [3.8, 4) is 0 Å². The molecule has 2 atom stereocenters. The summed E-state index contributed by atoms with van der Waals surface area (Å²) >= 11 is 0. The minimum Gasteiger partial charge on any atom is -0.299 e. The molecule has 0 amide bonds. The summed E-state index contributed by atoms with van der Waals surface area (Å²) in [5, 5.41) is 0. The summed E-state index contributed by atoms with van der Waals surface area (Å²) in [5.41, 5.74) is 0. The average molecular weight is 196 g/mol. The second-order valence-electron chi connectivity index (χ2n) is 4.73. The van der Waals surface area contributed by atoms with Crippen molar-refractivity contribution in [1.82, 2.24) is 0 Å². The molecule has 0 heterocycles. The van der Waals surface area contributed by atoms with Crippen LogP contribution in [0, 0.1) is 11.8 Å². The van der Waals surface area contributed by atoms with Crippen molar-refractivity contribution in [1.29, 1.82) is 0 Å². The van der Waals surface area contributed by atoms with Crippen LogP contribution in [0.3, 0.4) is 0 Å². The zero-order chi connectivity index (χ0) is 10.4. The van der Waals surface area contributed by atoms with E-state index < -0.39 is 0 Å². The first-order chi connectivity index (χ1) is 6.77. The van der Waals surface area contributed by atoms with E-state index in [-0.39, 0.29) is 0 Å². The molecule has 82 valence electrons. The van der Waals surface area contributed by atoms with Gasteiger partial charge in [0, 0.05) is 12.3 Å².